The molecule has 7 heteroatoms. The monoisotopic (exact) mass is 343 g/mol. The van der Waals surface area contributed by atoms with E-state index in [1.807, 2.05) is 17.8 Å². The summed E-state index contributed by atoms with van der Waals surface area (Å²) >= 11 is 5.07. The Bertz CT molecular complexity index is 921. The molecule has 3 N–H and O–H groups in total. The molecule has 0 spiro atoms. The molecule has 126 valence electrons. The fourth-order valence-electron chi connectivity index (χ4n) is 2.75. The van der Waals surface area contributed by atoms with E-state index in [-0.39, 0.29) is 5.91 Å². The number of H-pyrrole nitrogens is 2. The van der Waals surface area contributed by atoms with Crippen LogP contribution in [0.15, 0.2) is 24.4 Å². The van der Waals surface area contributed by atoms with E-state index in [0.717, 1.165) is 17.8 Å². The van der Waals surface area contributed by atoms with E-state index in [1.54, 1.807) is 0 Å². The zero-order valence-corrected chi connectivity index (χ0v) is 14.7. The molecule has 24 heavy (non-hydrogen) atoms. The molecule has 0 unspecified atom stereocenters. The number of benzene rings is 1. The zero-order valence-electron chi connectivity index (χ0n) is 13.8. The lowest BCUT2D eigenvalue weighted by atomic mass is 10.1. The quantitative estimate of drug-likeness (QED) is 0.602. The molecule has 0 fully saturated rings. The van der Waals surface area contributed by atoms with Crippen LogP contribution in [-0.2, 0) is 24.7 Å². The Kier molecular flexibility index (Phi) is 4.80. The number of aromatic amines is 2. The van der Waals surface area contributed by atoms with Gasteiger partial charge in [-0.25, -0.2) is 0 Å². The molecule has 1 aromatic carbocycles. The van der Waals surface area contributed by atoms with E-state index in [4.69, 9.17) is 12.2 Å². The molecule has 0 radical (unpaired) electrons. The van der Waals surface area contributed by atoms with Crippen molar-refractivity contribution in [3.63, 3.8) is 0 Å². The molecular weight excluding hydrogens is 322 g/mol. The lowest BCUT2D eigenvalue weighted by Gasteiger charge is -2.05. The van der Waals surface area contributed by atoms with Crippen molar-refractivity contribution >= 4 is 29.0 Å². The summed E-state index contributed by atoms with van der Waals surface area (Å²) in [6.45, 7) is 2.63. The first-order valence-corrected chi connectivity index (χ1v) is 8.39. The summed E-state index contributed by atoms with van der Waals surface area (Å²) in [5.41, 5.74) is 3.51. The number of nitrogens with zero attached hydrogens (tertiary/aromatic N) is 2. The third kappa shape index (κ3) is 3.56. The summed E-state index contributed by atoms with van der Waals surface area (Å²) in [5, 5.41) is 11.0. The SMILES string of the molecule is Cc1ccc2[nH]cc(CCC(=O)NCCc3n[nH]c(=S)n3C)c2c1. The summed E-state index contributed by atoms with van der Waals surface area (Å²) in [7, 11) is 1.86. The molecule has 2 aromatic heterocycles. The fourth-order valence-corrected chi connectivity index (χ4v) is 2.90. The Hall–Kier alpha value is -2.41. The van der Waals surface area contributed by atoms with Gasteiger partial charge >= 0.3 is 0 Å². The van der Waals surface area contributed by atoms with Crippen molar-refractivity contribution in [2.45, 2.75) is 26.2 Å². The van der Waals surface area contributed by atoms with Crippen molar-refractivity contribution in [3.8, 4) is 0 Å². The number of carbonyl (C=O) groups is 1. The fraction of sp³-hybridized carbons (Fsp3) is 0.353. The molecule has 1 amide bonds. The number of nitrogens with one attached hydrogen (secondary N) is 3. The van der Waals surface area contributed by atoms with E-state index >= 15 is 0 Å². The standard InChI is InChI=1S/C17H21N5OS/c1-11-3-5-14-13(9-11)12(10-19-14)4-6-16(23)18-8-7-15-20-21-17(24)22(15)2/h3,5,9-10,19H,4,6-8H2,1-2H3,(H,18,23)(H,21,24). The van der Waals surface area contributed by atoms with Crippen molar-refractivity contribution in [2.24, 2.45) is 7.05 Å². The van der Waals surface area contributed by atoms with Crippen LogP contribution in [-0.4, -0.2) is 32.2 Å². The molecule has 2 heterocycles. The molecular formula is C17H21N5OS. The molecule has 0 bridgehead atoms. The number of fused-ring (bicyclic) bond motifs is 1. The van der Waals surface area contributed by atoms with Crippen LogP contribution in [0.4, 0.5) is 0 Å². The first-order chi connectivity index (χ1) is 11.5. The Morgan fingerprint density at radius 3 is 2.96 bits per heavy atom. The summed E-state index contributed by atoms with van der Waals surface area (Å²) in [4.78, 5) is 15.3. The van der Waals surface area contributed by atoms with Crippen molar-refractivity contribution in [2.75, 3.05) is 6.54 Å². The summed E-state index contributed by atoms with van der Waals surface area (Å²) in [5.74, 6) is 0.890. The van der Waals surface area contributed by atoms with Gasteiger partial charge < -0.3 is 14.9 Å². The van der Waals surface area contributed by atoms with Crippen LogP contribution in [0.5, 0.6) is 0 Å². The van der Waals surface area contributed by atoms with Crippen molar-refractivity contribution in [1.82, 2.24) is 25.1 Å². The third-order valence-electron chi connectivity index (χ3n) is 4.19. The van der Waals surface area contributed by atoms with E-state index in [0.29, 0.717) is 24.2 Å². The summed E-state index contributed by atoms with van der Waals surface area (Å²) < 4.78 is 2.40. The highest BCUT2D eigenvalue weighted by molar-refractivity contribution is 7.71. The predicted molar refractivity (Wildman–Crippen MR) is 96.5 cm³/mol. The van der Waals surface area contributed by atoms with Gasteiger partial charge in [0.2, 0.25) is 5.91 Å². The second kappa shape index (κ2) is 7.00. The van der Waals surface area contributed by atoms with Gasteiger partial charge in [0.1, 0.15) is 5.82 Å². The summed E-state index contributed by atoms with van der Waals surface area (Å²) in [6.07, 6.45) is 3.84. The average Bonchev–Trinajstić information content (AvgIpc) is 3.10. The van der Waals surface area contributed by atoms with Crippen LogP contribution in [0.3, 0.4) is 0 Å². The lowest BCUT2D eigenvalue weighted by Crippen LogP contribution is -2.26. The number of aryl methyl sites for hydroxylation is 2. The molecule has 3 rings (SSSR count). The minimum Gasteiger partial charge on any atom is -0.361 e. The van der Waals surface area contributed by atoms with Crippen molar-refractivity contribution in [3.05, 3.63) is 46.1 Å². The molecule has 0 aliphatic carbocycles. The maximum atomic E-state index is 12.0. The smallest absolute Gasteiger partial charge is 0.220 e. The highest BCUT2D eigenvalue weighted by Crippen LogP contribution is 2.20. The predicted octanol–water partition coefficient (Wildman–Crippen LogP) is 2.56. The van der Waals surface area contributed by atoms with Gasteiger partial charge in [0, 0.05) is 43.5 Å². The largest absolute Gasteiger partial charge is 0.361 e. The Morgan fingerprint density at radius 2 is 2.21 bits per heavy atom. The van der Waals surface area contributed by atoms with Gasteiger partial charge in [0.25, 0.3) is 0 Å². The number of rotatable bonds is 6. The molecule has 0 atom stereocenters. The molecule has 0 aliphatic rings. The van der Waals surface area contributed by atoms with Gasteiger partial charge in [-0.1, -0.05) is 11.6 Å². The number of hydrogen-bond donors (Lipinski definition) is 3. The normalized spacial score (nSPS) is 11.1. The van der Waals surface area contributed by atoms with Gasteiger partial charge in [-0.05, 0) is 43.3 Å². The van der Waals surface area contributed by atoms with Crippen LogP contribution in [0, 0.1) is 11.7 Å². The van der Waals surface area contributed by atoms with E-state index in [1.165, 1.54) is 16.5 Å². The third-order valence-corrected chi connectivity index (χ3v) is 4.55. The maximum absolute atomic E-state index is 12.0. The van der Waals surface area contributed by atoms with Crippen LogP contribution in [0.25, 0.3) is 10.9 Å². The Labute approximate surface area is 145 Å². The number of hydrogen-bond acceptors (Lipinski definition) is 3. The minimum absolute atomic E-state index is 0.0498. The van der Waals surface area contributed by atoms with Crippen LogP contribution in [0.2, 0.25) is 0 Å². The Morgan fingerprint density at radius 1 is 1.38 bits per heavy atom. The number of carbonyl (C=O) groups excluding carboxylic acids is 1. The van der Waals surface area contributed by atoms with Crippen LogP contribution >= 0.6 is 12.2 Å². The minimum atomic E-state index is 0.0498. The molecule has 0 saturated carbocycles. The van der Waals surface area contributed by atoms with Crippen LogP contribution in [0.1, 0.15) is 23.4 Å². The molecule has 3 aromatic rings. The highest BCUT2D eigenvalue weighted by Gasteiger charge is 2.08. The van der Waals surface area contributed by atoms with Crippen molar-refractivity contribution in [1.29, 1.82) is 0 Å². The first-order valence-electron chi connectivity index (χ1n) is 7.98. The summed E-state index contributed by atoms with van der Waals surface area (Å²) in [6, 6.07) is 6.31. The second-order valence-electron chi connectivity index (χ2n) is 5.97. The van der Waals surface area contributed by atoms with Gasteiger partial charge in [-0.2, -0.15) is 5.10 Å². The molecule has 6 nitrogen and oxygen atoms in total. The van der Waals surface area contributed by atoms with Gasteiger partial charge in [-0.15, -0.1) is 0 Å². The zero-order chi connectivity index (χ0) is 17.1. The van der Waals surface area contributed by atoms with Gasteiger partial charge in [0.15, 0.2) is 4.77 Å². The topological polar surface area (TPSA) is 78.5 Å². The Balaban J connectivity index is 1.51. The van der Waals surface area contributed by atoms with E-state index in [2.05, 4.69) is 45.6 Å². The highest BCUT2D eigenvalue weighted by atomic mass is 32.1. The molecule has 0 aliphatic heterocycles. The van der Waals surface area contributed by atoms with Crippen LogP contribution < -0.4 is 5.32 Å². The lowest BCUT2D eigenvalue weighted by molar-refractivity contribution is -0.121. The number of amides is 1. The number of aromatic nitrogens is 4. The van der Waals surface area contributed by atoms with Gasteiger partial charge in [-0.3, -0.25) is 9.89 Å². The van der Waals surface area contributed by atoms with Gasteiger partial charge in [0.05, 0.1) is 0 Å². The second-order valence-corrected chi connectivity index (χ2v) is 6.35. The van der Waals surface area contributed by atoms with Crippen molar-refractivity contribution < 1.29 is 4.79 Å². The van der Waals surface area contributed by atoms with E-state index in [9.17, 15) is 4.79 Å². The first kappa shape index (κ1) is 16.4. The average molecular weight is 343 g/mol. The van der Waals surface area contributed by atoms with E-state index < -0.39 is 0 Å². The molecule has 0 saturated heterocycles. The maximum Gasteiger partial charge on any atom is 0.220 e.